The first-order valence-corrected chi connectivity index (χ1v) is 9.11. The minimum Gasteiger partial charge on any atom is -0.484 e. The van der Waals surface area contributed by atoms with Crippen LogP contribution in [0.15, 0.2) is 6.07 Å². The third-order valence-electron chi connectivity index (χ3n) is 2.30. The third-order valence-corrected chi connectivity index (χ3v) is 4.81. The topological polar surface area (TPSA) is 77.8 Å². The van der Waals surface area contributed by atoms with Crippen LogP contribution in [0.4, 0.5) is 0 Å². The van der Waals surface area contributed by atoms with Crippen LogP contribution < -0.4 is 9.26 Å². The van der Waals surface area contributed by atoms with Gasteiger partial charge in [0.2, 0.25) is 0 Å². The van der Waals surface area contributed by atoms with Crippen LogP contribution in [0.1, 0.15) is 38.5 Å². The van der Waals surface area contributed by atoms with Crippen molar-refractivity contribution in [1.82, 2.24) is 0 Å². The second-order valence-electron chi connectivity index (χ2n) is 3.95. The van der Waals surface area contributed by atoms with Crippen molar-refractivity contribution >= 4 is 19.2 Å². The Hall–Kier alpha value is -1.06. The van der Waals surface area contributed by atoms with E-state index in [1.807, 2.05) is 6.07 Å². The summed E-state index contributed by atoms with van der Waals surface area (Å²) < 4.78 is 33.2. The molecule has 0 spiro atoms. The lowest BCUT2D eigenvalue weighted by atomic mass is 10.4. The smallest absolute Gasteiger partial charge is 0.484 e. The zero-order chi connectivity index (χ0) is 15.7. The molecule has 1 aromatic heterocycles. The molecule has 0 amide bonds. The second kappa shape index (κ2) is 9.06. The summed E-state index contributed by atoms with van der Waals surface area (Å²) >= 11 is 1.15. The van der Waals surface area contributed by atoms with Crippen LogP contribution >= 0.6 is 19.2 Å². The van der Waals surface area contributed by atoms with E-state index >= 15 is 0 Å². The Morgan fingerprint density at radius 2 is 1.95 bits per heavy atom. The van der Waals surface area contributed by atoms with Gasteiger partial charge in [-0.05, 0) is 20.3 Å². The summed E-state index contributed by atoms with van der Waals surface area (Å²) in [5.74, 6) is 0.166. The number of hydrogen-bond acceptors (Lipinski definition) is 7. The minimum absolute atomic E-state index is 0.166. The van der Waals surface area contributed by atoms with Crippen LogP contribution in [0.5, 0.6) is 10.8 Å². The average Bonchev–Trinajstić information content (AvgIpc) is 2.81. The number of phosphoric ester groups is 1. The summed E-state index contributed by atoms with van der Waals surface area (Å²) in [6, 6.07) is 3.54. The van der Waals surface area contributed by atoms with E-state index in [9.17, 15) is 4.57 Å². The van der Waals surface area contributed by atoms with Gasteiger partial charge in [-0.15, -0.1) is 0 Å². The van der Waals surface area contributed by atoms with Gasteiger partial charge in [0.1, 0.15) is 6.07 Å². The Kier molecular flexibility index (Phi) is 7.76. The molecule has 1 heterocycles. The first kappa shape index (κ1) is 18.0. The first-order chi connectivity index (χ1) is 10.1. The predicted molar refractivity (Wildman–Crippen MR) is 80.9 cm³/mol. The molecule has 0 atom stereocenters. The fourth-order valence-corrected chi connectivity index (χ4v) is 3.43. The zero-order valence-corrected chi connectivity index (χ0v) is 14.2. The van der Waals surface area contributed by atoms with Crippen LogP contribution in [-0.4, -0.2) is 19.8 Å². The number of phosphoric acid groups is 1. The molecule has 8 heteroatoms. The summed E-state index contributed by atoms with van der Waals surface area (Å²) in [7, 11) is -3.70. The molecule has 0 fully saturated rings. The average molecular weight is 333 g/mol. The van der Waals surface area contributed by atoms with Gasteiger partial charge in [-0.2, -0.15) is 5.26 Å². The first-order valence-electron chi connectivity index (χ1n) is 6.84. The number of hydrogen-bond donors (Lipinski definition) is 0. The van der Waals surface area contributed by atoms with Crippen LogP contribution in [0.2, 0.25) is 0 Å². The molecule has 21 heavy (non-hydrogen) atoms. The fourth-order valence-electron chi connectivity index (χ4n) is 1.41. The van der Waals surface area contributed by atoms with Gasteiger partial charge in [0.25, 0.3) is 0 Å². The van der Waals surface area contributed by atoms with Crippen LogP contribution in [0.3, 0.4) is 0 Å². The number of thiophene rings is 1. The number of unbranched alkanes of at least 4 members (excludes halogenated alkanes) is 1. The van der Waals surface area contributed by atoms with Gasteiger partial charge in [0.05, 0.1) is 19.8 Å². The van der Waals surface area contributed by atoms with Gasteiger partial charge in [0.15, 0.2) is 15.7 Å². The van der Waals surface area contributed by atoms with Crippen LogP contribution in [0.25, 0.3) is 0 Å². The standard InChI is InChI=1S/C13H20NO5PS/c1-4-7-8-16-13-9-11(12(10-14)21-13)19-20(15,17-5-2)18-6-3/h9H,4-8H2,1-3H3. The monoisotopic (exact) mass is 333 g/mol. The lowest BCUT2D eigenvalue weighted by Crippen LogP contribution is -2.02. The number of nitriles is 1. The molecule has 0 aliphatic carbocycles. The lowest BCUT2D eigenvalue weighted by Gasteiger charge is -2.16. The SMILES string of the molecule is CCCCOc1cc(OP(=O)(OCC)OCC)c(C#N)s1. The van der Waals surface area contributed by atoms with E-state index in [0.29, 0.717) is 11.7 Å². The molecule has 0 bridgehead atoms. The maximum absolute atomic E-state index is 12.3. The Morgan fingerprint density at radius 1 is 1.29 bits per heavy atom. The van der Waals surface area contributed by atoms with Gasteiger partial charge in [-0.25, -0.2) is 4.57 Å². The van der Waals surface area contributed by atoms with Crippen molar-refractivity contribution in [2.24, 2.45) is 0 Å². The van der Waals surface area contributed by atoms with Gasteiger partial charge in [0, 0.05) is 6.07 Å². The molecule has 6 nitrogen and oxygen atoms in total. The fraction of sp³-hybridized carbons (Fsp3) is 0.615. The molecule has 0 N–H and O–H groups in total. The van der Waals surface area contributed by atoms with E-state index in [2.05, 4.69) is 6.92 Å². The second-order valence-corrected chi connectivity index (χ2v) is 6.55. The summed E-state index contributed by atoms with van der Waals surface area (Å²) in [5.41, 5.74) is 0. The van der Waals surface area contributed by atoms with Crippen molar-refractivity contribution in [1.29, 1.82) is 5.26 Å². The van der Waals surface area contributed by atoms with Crippen LogP contribution in [-0.2, 0) is 13.6 Å². The van der Waals surface area contributed by atoms with E-state index < -0.39 is 7.82 Å². The van der Waals surface area contributed by atoms with Crippen molar-refractivity contribution < 1.29 is 22.9 Å². The van der Waals surface area contributed by atoms with Gasteiger partial charge < -0.3 is 9.26 Å². The molecule has 0 saturated heterocycles. The van der Waals surface area contributed by atoms with E-state index in [-0.39, 0.29) is 23.8 Å². The zero-order valence-electron chi connectivity index (χ0n) is 12.5. The Balaban J connectivity index is 2.85. The van der Waals surface area contributed by atoms with E-state index in [0.717, 1.165) is 24.2 Å². The third kappa shape index (κ3) is 5.68. The molecule has 0 unspecified atom stereocenters. The molecule has 1 aromatic rings. The number of nitrogens with zero attached hydrogens (tertiary/aromatic N) is 1. The molecule has 1 rings (SSSR count). The molecule has 118 valence electrons. The molecule has 0 aliphatic heterocycles. The maximum atomic E-state index is 12.3. The highest BCUT2D eigenvalue weighted by Gasteiger charge is 2.29. The number of rotatable bonds is 10. The van der Waals surface area contributed by atoms with Crippen LogP contribution in [0, 0.1) is 11.3 Å². The van der Waals surface area contributed by atoms with Crippen molar-refractivity contribution in [3.8, 4) is 16.9 Å². The molecule has 0 radical (unpaired) electrons. The summed E-state index contributed by atoms with van der Waals surface area (Å²) in [6.07, 6.45) is 1.94. The van der Waals surface area contributed by atoms with Gasteiger partial charge in [-0.3, -0.25) is 9.05 Å². The maximum Gasteiger partial charge on any atom is 0.530 e. The van der Waals surface area contributed by atoms with E-state index in [4.69, 9.17) is 23.6 Å². The highest BCUT2D eigenvalue weighted by atomic mass is 32.1. The van der Waals surface area contributed by atoms with E-state index in [1.54, 1.807) is 19.9 Å². The highest BCUT2D eigenvalue weighted by Crippen LogP contribution is 2.51. The van der Waals surface area contributed by atoms with E-state index in [1.165, 1.54) is 0 Å². The summed E-state index contributed by atoms with van der Waals surface area (Å²) in [5, 5.41) is 9.66. The molecule has 0 saturated carbocycles. The van der Waals surface area contributed by atoms with Crippen molar-refractivity contribution in [2.75, 3.05) is 19.8 Å². The van der Waals surface area contributed by atoms with Gasteiger partial charge in [-0.1, -0.05) is 24.7 Å². The normalized spacial score (nSPS) is 11.1. The largest absolute Gasteiger partial charge is 0.530 e. The lowest BCUT2D eigenvalue weighted by molar-refractivity contribution is 0.167. The number of ether oxygens (including phenoxy) is 1. The summed E-state index contributed by atoms with van der Waals surface area (Å²) in [6.45, 7) is 6.37. The van der Waals surface area contributed by atoms with Crippen molar-refractivity contribution in [3.63, 3.8) is 0 Å². The molecule has 0 aliphatic rings. The molecular weight excluding hydrogens is 313 g/mol. The predicted octanol–water partition coefficient (Wildman–Crippen LogP) is 4.36. The highest BCUT2D eigenvalue weighted by molar-refractivity contribution is 7.49. The molecule has 0 aromatic carbocycles. The quantitative estimate of drug-likeness (QED) is 0.468. The van der Waals surface area contributed by atoms with Gasteiger partial charge >= 0.3 is 7.82 Å². The van der Waals surface area contributed by atoms with Crippen molar-refractivity contribution in [3.05, 3.63) is 10.9 Å². The minimum atomic E-state index is -3.70. The van der Waals surface area contributed by atoms with Crippen molar-refractivity contribution in [2.45, 2.75) is 33.6 Å². The Labute approximate surface area is 129 Å². The summed E-state index contributed by atoms with van der Waals surface area (Å²) in [4.78, 5) is 0.279. The Morgan fingerprint density at radius 3 is 2.48 bits per heavy atom. The Bertz CT molecular complexity index is 515. The molecular formula is C13H20NO5PS.